The van der Waals surface area contributed by atoms with Crippen LogP contribution in [0, 0.1) is 6.92 Å². The Morgan fingerprint density at radius 2 is 1.81 bits per heavy atom. The van der Waals surface area contributed by atoms with E-state index in [0.717, 1.165) is 17.2 Å². The number of benzene rings is 1. The van der Waals surface area contributed by atoms with Crippen molar-refractivity contribution in [2.45, 2.75) is 31.6 Å². The Morgan fingerprint density at radius 1 is 1.16 bits per heavy atom. The molecule has 0 saturated heterocycles. The van der Waals surface area contributed by atoms with Gasteiger partial charge in [0.05, 0.1) is 29.7 Å². The Morgan fingerprint density at radius 3 is 2.38 bits per heavy atom. The molecule has 0 saturated carbocycles. The molecule has 1 unspecified atom stereocenters. The zero-order chi connectivity index (χ0) is 24.1. The summed E-state index contributed by atoms with van der Waals surface area (Å²) < 4.78 is 107. The second-order valence-corrected chi connectivity index (χ2v) is 9.15. The van der Waals surface area contributed by atoms with Gasteiger partial charge in [0.15, 0.2) is 0 Å². The average Bonchev–Trinajstić information content (AvgIpc) is 2.97. The van der Waals surface area contributed by atoms with E-state index in [-0.39, 0.29) is 48.0 Å². The molecule has 14 heteroatoms. The lowest BCUT2D eigenvalue weighted by molar-refractivity contribution is -0.142. The van der Waals surface area contributed by atoms with Crippen LogP contribution < -0.4 is 4.90 Å². The molecule has 1 aliphatic rings. The van der Waals surface area contributed by atoms with Crippen molar-refractivity contribution in [1.29, 1.82) is 0 Å². The Hall–Kier alpha value is -2.12. The largest absolute Gasteiger partial charge is 0.418 e. The van der Waals surface area contributed by atoms with E-state index in [0.29, 0.717) is 6.07 Å². The fraction of sp³-hybridized carbons (Fsp3) is 0.444. The maximum absolute atomic E-state index is 13.7. The molecule has 0 aliphatic carbocycles. The van der Waals surface area contributed by atoms with Crippen molar-refractivity contribution in [2.75, 3.05) is 24.3 Å². The molecule has 0 fully saturated rings. The first-order chi connectivity index (χ1) is 14.6. The topological polar surface area (TPSA) is 72.4 Å². The second-order valence-electron chi connectivity index (χ2n) is 7.15. The van der Waals surface area contributed by atoms with Gasteiger partial charge in [-0.3, -0.25) is 4.18 Å². The van der Waals surface area contributed by atoms with Crippen LogP contribution in [0.2, 0.25) is 5.15 Å². The molecule has 0 N–H and O–H groups in total. The normalized spacial score (nSPS) is 17.0. The van der Waals surface area contributed by atoms with Gasteiger partial charge in [-0.25, -0.2) is 9.97 Å². The van der Waals surface area contributed by atoms with Gasteiger partial charge in [0.25, 0.3) is 10.1 Å². The monoisotopic (exact) mass is 503 g/mol. The fourth-order valence-corrected chi connectivity index (χ4v) is 4.21. The molecule has 0 spiro atoms. The second kappa shape index (κ2) is 8.34. The molecule has 1 aliphatic heterocycles. The number of rotatable bonds is 5. The third kappa shape index (κ3) is 5.26. The van der Waals surface area contributed by atoms with Gasteiger partial charge in [-0.15, -0.1) is 0 Å². The van der Waals surface area contributed by atoms with Crippen molar-refractivity contribution < 1.29 is 38.9 Å². The molecule has 6 nitrogen and oxygen atoms in total. The summed E-state index contributed by atoms with van der Waals surface area (Å²) in [5, 5.41) is -0.0418. The Labute approximate surface area is 184 Å². The van der Waals surface area contributed by atoms with Crippen LogP contribution in [0.4, 0.5) is 37.8 Å². The Kier molecular flexibility index (Phi) is 6.39. The molecule has 2 heterocycles. The minimum Gasteiger partial charge on any atom is -0.325 e. The highest BCUT2D eigenvalue weighted by molar-refractivity contribution is 7.85. The van der Waals surface area contributed by atoms with Gasteiger partial charge >= 0.3 is 12.4 Å². The van der Waals surface area contributed by atoms with Crippen molar-refractivity contribution in [3.63, 3.8) is 0 Å². The van der Waals surface area contributed by atoms with Gasteiger partial charge in [0, 0.05) is 18.0 Å². The highest BCUT2D eigenvalue weighted by Gasteiger charge is 2.42. The van der Waals surface area contributed by atoms with Crippen molar-refractivity contribution >= 4 is 33.2 Å². The maximum atomic E-state index is 13.7. The third-order valence-electron chi connectivity index (χ3n) is 4.74. The van der Waals surface area contributed by atoms with Gasteiger partial charge in [-0.1, -0.05) is 11.6 Å². The molecule has 2 aromatic rings. The van der Waals surface area contributed by atoms with Crippen molar-refractivity contribution in [3.8, 4) is 0 Å². The van der Waals surface area contributed by atoms with Crippen LogP contribution in [-0.2, 0) is 26.7 Å². The van der Waals surface area contributed by atoms with E-state index in [9.17, 15) is 34.8 Å². The van der Waals surface area contributed by atoms with Gasteiger partial charge in [0.1, 0.15) is 16.8 Å². The SMILES string of the molecule is Cc1nc(Cl)c2c(n1)N(c1ccc(C(F)(F)F)cc1C(F)(F)F)CC2CCOS(C)(=O)=O. The van der Waals surface area contributed by atoms with E-state index in [1.807, 2.05) is 0 Å². The number of anilines is 2. The summed E-state index contributed by atoms with van der Waals surface area (Å²) in [5.41, 5.74) is -3.20. The van der Waals surface area contributed by atoms with E-state index in [4.69, 9.17) is 15.8 Å². The number of aryl methyl sites for hydroxylation is 1. The number of aromatic nitrogens is 2. The molecular weight excluding hydrogens is 488 g/mol. The number of nitrogens with zero attached hydrogens (tertiary/aromatic N) is 3. The predicted octanol–water partition coefficient (Wildman–Crippen LogP) is 5.08. The predicted molar refractivity (Wildman–Crippen MR) is 103 cm³/mol. The van der Waals surface area contributed by atoms with Crippen LogP contribution in [0.5, 0.6) is 0 Å². The Balaban J connectivity index is 2.09. The van der Waals surface area contributed by atoms with Crippen LogP contribution in [0.15, 0.2) is 18.2 Å². The number of hydrogen-bond donors (Lipinski definition) is 0. The van der Waals surface area contributed by atoms with Crippen molar-refractivity contribution in [1.82, 2.24) is 9.97 Å². The van der Waals surface area contributed by atoms with Crippen LogP contribution in [0.25, 0.3) is 0 Å². The van der Waals surface area contributed by atoms with Crippen molar-refractivity contribution in [3.05, 3.63) is 45.9 Å². The summed E-state index contributed by atoms with van der Waals surface area (Å²) in [6.07, 6.45) is -9.15. The molecular formula is C18H16ClF6N3O3S. The lowest BCUT2D eigenvalue weighted by Gasteiger charge is -2.24. The number of hydrogen-bond acceptors (Lipinski definition) is 6. The van der Waals surface area contributed by atoms with Crippen molar-refractivity contribution in [2.24, 2.45) is 0 Å². The summed E-state index contributed by atoms with van der Waals surface area (Å²) >= 11 is 6.20. The minimum absolute atomic E-state index is 0.0112. The van der Waals surface area contributed by atoms with Crippen LogP contribution in [0.1, 0.15) is 34.9 Å². The smallest absolute Gasteiger partial charge is 0.325 e. The zero-order valence-electron chi connectivity index (χ0n) is 16.6. The lowest BCUT2D eigenvalue weighted by atomic mass is 10.0. The van der Waals surface area contributed by atoms with Crippen LogP contribution >= 0.6 is 11.6 Å². The number of alkyl halides is 6. The summed E-state index contributed by atoms with van der Waals surface area (Å²) in [6, 6.07) is 1.33. The molecule has 1 aromatic carbocycles. The van der Waals surface area contributed by atoms with Crippen LogP contribution in [0.3, 0.4) is 0 Å². The molecule has 1 atom stereocenters. The van der Waals surface area contributed by atoms with E-state index in [1.54, 1.807) is 0 Å². The van der Waals surface area contributed by atoms with Gasteiger partial charge in [0.2, 0.25) is 0 Å². The Bertz CT molecular complexity index is 1140. The van der Waals surface area contributed by atoms with E-state index in [1.165, 1.54) is 6.92 Å². The molecule has 3 rings (SSSR count). The van der Waals surface area contributed by atoms with Gasteiger partial charge in [-0.2, -0.15) is 34.8 Å². The molecule has 0 amide bonds. The fourth-order valence-electron chi connectivity index (χ4n) is 3.45. The number of fused-ring (bicyclic) bond motifs is 1. The number of halogens is 7. The lowest BCUT2D eigenvalue weighted by Crippen LogP contribution is -2.22. The summed E-state index contributed by atoms with van der Waals surface area (Å²) in [4.78, 5) is 9.27. The molecule has 176 valence electrons. The standard InChI is InChI=1S/C18H16ClF6N3O3S/c1-9-26-15(19)14-10(5-6-31-32(2,29)30)8-28(16(14)27-9)13-4-3-11(17(20,21)22)7-12(13)18(23,24)25/h3-4,7,10H,5-6,8H2,1-2H3. The van der Waals surface area contributed by atoms with E-state index >= 15 is 0 Å². The first kappa shape index (κ1) is 24.5. The van der Waals surface area contributed by atoms with E-state index < -0.39 is 45.2 Å². The highest BCUT2D eigenvalue weighted by atomic mass is 35.5. The molecule has 32 heavy (non-hydrogen) atoms. The van der Waals surface area contributed by atoms with Crippen LogP contribution in [-0.4, -0.2) is 37.8 Å². The molecule has 0 radical (unpaired) electrons. The maximum Gasteiger partial charge on any atom is 0.418 e. The quantitative estimate of drug-likeness (QED) is 0.322. The highest BCUT2D eigenvalue weighted by Crippen LogP contribution is 2.48. The van der Waals surface area contributed by atoms with Gasteiger partial charge in [-0.05, 0) is 31.5 Å². The third-order valence-corrected chi connectivity index (χ3v) is 5.62. The summed E-state index contributed by atoms with van der Waals surface area (Å²) in [5.74, 6) is -0.465. The zero-order valence-corrected chi connectivity index (χ0v) is 18.1. The summed E-state index contributed by atoms with van der Waals surface area (Å²) in [6.45, 7) is 1.04. The minimum atomic E-state index is -5.08. The first-order valence-corrected chi connectivity index (χ1v) is 11.2. The summed E-state index contributed by atoms with van der Waals surface area (Å²) in [7, 11) is -3.75. The van der Waals surface area contributed by atoms with Gasteiger partial charge < -0.3 is 4.90 Å². The first-order valence-electron chi connectivity index (χ1n) is 9.02. The molecule has 1 aromatic heterocycles. The van der Waals surface area contributed by atoms with E-state index in [2.05, 4.69) is 9.97 Å². The average molecular weight is 504 g/mol. The molecule has 0 bridgehead atoms.